The van der Waals surface area contributed by atoms with Crippen molar-refractivity contribution in [1.29, 1.82) is 0 Å². The van der Waals surface area contributed by atoms with E-state index in [4.69, 9.17) is 4.74 Å². The number of hydrogen-bond acceptors (Lipinski definition) is 2. The first-order chi connectivity index (χ1) is 7.61. The first kappa shape index (κ1) is 14.9. The fraction of sp³-hybridized carbons (Fsp3) is 0.643. The Hall–Kier alpha value is -1.05. The zero-order valence-corrected chi connectivity index (χ0v) is 10.6. The highest BCUT2D eigenvalue weighted by molar-refractivity contribution is 5.87. The van der Waals surface area contributed by atoms with Crippen LogP contribution in [0.25, 0.3) is 0 Å². The lowest BCUT2D eigenvalue weighted by molar-refractivity contribution is -0.144. The van der Waals surface area contributed by atoms with E-state index in [0.717, 1.165) is 19.3 Å². The zero-order valence-electron chi connectivity index (χ0n) is 10.6. The standard InChI is InChI=1S/C14H24O2/c1-5-7-8-9-11-13(10-6-2)16-14(15)12(3)4/h6,13H,2-3,5,7-11H2,1,4H3. The monoisotopic (exact) mass is 224 g/mol. The van der Waals surface area contributed by atoms with Gasteiger partial charge in [0.15, 0.2) is 0 Å². The van der Waals surface area contributed by atoms with Gasteiger partial charge in [-0.25, -0.2) is 4.79 Å². The molecule has 0 bridgehead atoms. The van der Waals surface area contributed by atoms with Crippen molar-refractivity contribution in [2.24, 2.45) is 0 Å². The highest BCUT2D eigenvalue weighted by atomic mass is 16.5. The van der Waals surface area contributed by atoms with Crippen LogP contribution >= 0.6 is 0 Å². The molecule has 0 saturated carbocycles. The SMILES string of the molecule is C=CCC(CCCCCC)OC(=O)C(=C)C. The summed E-state index contributed by atoms with van der Waals surface area (Å²) in [6.07, 6.45) is 8.20. The highest BCUT2D eigenvalue weighted by Gasteiger charge is 2.12. The fourth-order valence-corrected chi connectivity index (χ4v) is 1.46. The van der Waals surface area contributed by atoms with Crippen molar-refractivity contribution in [3.8, 4) is 0 Å². The number of ether oxygens (including phenoxy) is 1. The van der Waals surface area contributed by atoms with Crippen LogP contribution in [-0.4, -0.2) is 12.1 Å². The molecule has 2 heteroatoms. The number of carbonyl (C=O) groups is 1. The van der Waals surface area contributed by atoms with Crippen molar-refractivity contribution in [2.45, 2.75) is 58.5 Å². The van der Waals surface area contributed by atoms with E-state index in [-0.39, 0.29) is 12.1 Å². The quantitative estimate of drug-likeness (QED) is 0.256. The molecule has 0 aliphatic heterocycles. The molecule has 0 aromatic heterocycles. The van der Waals surface area contributed by atoms with Crippen LogP contribution in [0.15, 0.2) is 24.8 Å². The average Bonchev–Trinajstić information content (AvgIpc) is 2.24. The number of esters is 1. The average molecular weight is 224 g/mol. The van der Waals surface area contributed by atoms with Crippen molar-refractivity contribution in [3.05, 3.63) is 24.8 Å². The Morgan fingerprint density at radius 1 is 1.38 bits per heavy atom. The van der Waals surface area contributed by atoms with Gasteiger partial charge in [0.05, 0.1) is 0 Å². The summed E-state index contributed by atoms with van der Waals surface area (Å²) in [6, 6.07) is 0. The van der Waals surface area contributed by atoms with E-state index in [1.807, 2.05) is 0 Å². The van der Waals surface area contributed by atoms with Crippen molar-refractivity contribution < 1.29 is 9.53 Å². The molecule has 1 atom stereocenters. The summed E-state index contributed by atoms with van der Waals surface area (Å²) < 4.78 is 5.32. The minimum absolute atomic E-state index is 0.0291. The molecule has 92 valence electrons. The molecule has 2 nitrogen and oxygen atoms in total. The molecule has 0 radical (unpaired) electrons. The second kappa shape index (κ2) is 9.20. The number of carbonyl (C=O) groups excluding carboxylic acids is 1. The Morgan fingerprint density at radius 2 is 2.06 bits per heavy atom. The van der Waals surface area contributed by atoms with Crippen LogP contribution in [0.2, 0.25) is 0 Å². The minimum atomic E-state index is -0.289. The maximum Gasteiger partial charge on any atom is 0.333 e. The molecule has 0 aromatic rings. The van der Waals surface area contributed by atoms with Crippen LogP contribution in [-0.2, 0) is 9.53 Å². The van der Waals surface area contributed by atoms with Gasteiger partial charge in [0.1, 0.15) is 6.10 Å². The Labute approximate surface area is 99.4 Å². The van der Waals surface area contributed by atoms with Gasteiger partial charge in [-0.1, -0.05) is 38.8 Å². The minimum Gasteiger partial charge on any atom is -0.459 e. The second-order valence-corrected chi connectivity index (χ2v) is 4.18. The smallest absolute Gasteiger partial charge is 0.333 e. The molecule has 0 aliphatic carbocycles. The maximum absolute atomic E-state index is 11.4. The summed E-state index contributed by atoms with van der Waals surface area (Å²) in [5, 5.41) is 0. The Balaban J connectivity index is 3.91. The molecule has 0 rings (SSSR count). The van der Waals surface area contributed by atoms with Crippen molar-refractivity contribution in [3.63, 3.8) is 0 Å². The van der Waals surface area contributed by atoms with E-state index in [2.05, 4.69) is 20.1 Å². The normalized spacial score (nSPS) is 11.9. The fourth-order valence-electron chi connectivity index (χ4n) is 1.46. The lowest BCUT2D eigenvalue weighted by Gasteiger charge is -2.16. The first-order valence-electron chi connectivity index (χ1n) is 6.09. The molecule has 0 fully saturated rings. The zero-order chi connectivity index (χ0) is 12.4. The summed E-state index contributed by atoms with van der Waals surface area (Å²) in [5.74, 6) is -0.289. The van der Waals surface area contributed by atoms with Gasteiger partial charge < -0.3 is 4.74 Å². The van der Waals surface area contributed by atoms with Crippen LogP contribution in [0.5, 0.6) is 0 Å². The van der Waals surface area contributed by atoms with Gasteiger partial charge in [-0.15, -0.1) is 6.58 Å². The third kappa shape index (κ3) is 7.27. The van der Waals surface area contributed by atoms with Crippen molar-refractivity contribution in [2.75, 3.05) is 0 Å². The second-order valence-electron chi connectivity index (χ2n) is 4.18. The predicted molar refractivity (Wildman–Crippen MR) is 68.3 cm³/mol. The van der Waals surface area contributed by atoms with Crippen LogP contribution in [0.3, 0.4) is 0 Å². The summed E-state index contributed by atoms with van der Waals surface area (Å²) in [7, 11) is 0. The van der Waals surface area contributed by atoms with E-state index in [0.29, 0.717) is 5.57 Å². The number of rotatable bonds is 9. The first-order valence-corrected chi connectivity index (χ1v) is 6.09. The summed E-state index contributed by atoms with van der Waals surface area (Å²) in [5.41, 5.74) is 0.461. The third-order valence-corrected chi connectivity index (χ3v) is 2.43. The maximum atomic E-state index is 11.4. The van der Waals surface area contributed by atoms with E-state index >= 15 is 0 Å². The van der Waals surface area contributed by atoms with Crippen LogP contribution in [0.4, 0.5) is 0 Å². The Morgan fingerprint density at radius 3 is 2.56 bits per heavy atom. The highest BCUT2D eigenvalue weighted by Crippen LogP contribution is 2.13. The van der Waals surface area contributed by atoms with E-state index in [1.165, 1.54) is 19.3 Å². The van der Waals surface area contributed by atoms with Gasteiger partial charge in [0, 0.05) is 12.0 Å². The number of hydrogen-bond donors (Lipinski definition) is 0. The molecular formula is C14H24O2. The van der Waals surface area contributed by atoms with Gasteiger partial charge in [0.25, 0.3) is 0 Å². The van der Waals surface area contributed by atoms with Crippen LogP contribution in [0, 0.1) is 0 Å². The van der Waals surface area contributed by atoms with Crippen molar-refractivity contribution in [1.82, 2.24) is 0 Å². The van der Waals surface area contributed by atoms with Gasteiger partial charge >= 0.3 is 5.97 Å². The van der Waals surface area contributed by atoms with Gasteiger partial charge in [-0.2, -0.15) is 0 Å². The lowest BCUT2D eigenvalue weighted by Crippen LogP contribution is -2.18. The van der Waals surface area contributed by atoms with Crippen LogP contribution < -0.4 is 0 Å². The molecule has 0 aliphatic rings. The van der Waals surface area contributed by atoms with Gasteiger partial charge in [0.2, 0.25) is 0 Å². The Bertz CT molecular complexity index is 231. The van der Waals surface area contributed by atoms with Crippen LogP contribution in [0.1, 0.15) is 52.4 Å². The predicted octanol–water partition coefficient (Wildman–Crippen LogP) is 4.02. The molecule has 16 heavy (non-hydrogen) atoms. The lowest BCUT2D eigenvalue weighted by atomic mass is 10.1. The number of unbranched alkanes of at least 4 members (excludes halogenated alkanes) is 3. The molecule has 0 saturated heterocycles. The van der Waals surface area contributed by atoms with Gasteiger partial charge in [-0.3, -0.25) is 0 Å². The molecule has 0 heterocycles. The van der Waals surface area contributed by atoms with Crippen molar-refractivity contribution >= 4 is 5.97 Å². The molecule has 1 unspecified atom stereocenters. The van der Waals surface area contributed by atoms with E-state index in [1.54, 1.807) is 13.0 Å². The molecule has 0 amide bonds. The molecule has 0 aromatic carbocycles. The topological polar surface area (TPSA) is 26.3 Å². The summed E-state index contributed by atoms with van der Waals surface area (Å²) >= 11 is 0. The molecular weight excluding hydrogens is 200 g/mol. The summed E-state index contributed by atoms with van der Waals surface area (Å²) in [4.78, 5) is 11.4. The molecule has 0 N–H and O–H groups in total. The third-order valence-electron chi connectivity index (χ3n) is 2.43. The summed E-state index contributed by atoms with van der Waals surface area (Å²) in [6.45, 7) is 11.1. The largest absolute Gasteiger partial charge is 0.459 e. The van der Waals surface area contributed by atoms with E-state index in [9.17, 15) is 4.79 Å². The van der Waals surface area contributed by atoms with Gasteiger partial charge in [-0.05, 0) is 19.8 Å². The van der Waals surface area contributed by atoms with E-state index < -0.39 is 0 Å². The molecule has 0 spiro atoms. The Kier molecular flexibility index (Phi) is 8.59.